The summed E-state index contributed by atoms with van der Waals surface area (Å²) in [6.07, 6.45) is 0. The summed E-state index contributed by atoms with van der Waals surface area (Å²) in [4.78, 5) is 6.69. The highest BCUT2D eigenvalue weighted by Gasteiger charge is 2.31. The van der Waals surface area contributed by atoms with E-state index in [1.807, 2.05) is 31.2 Å². The zero-order valence-electron chi connectivity index (χ0n) is 19.4. The van der Waals surface area contributed by atoms with Crippen LogP contribution in [0.3, 0.4) is 0 Å². The van der Waals surface area contributed by atoms with Gasteiger partial charge in [0.1, 0.15) is 22.1 Å². The summed E-state index contributed by atoms with van der Waals surface area (Å²) in [6, 6.07) is 12.3. The van der Waals surface area contributed by atoms with Crippen molar-refractivity contribution >= 4 is 10.0 Å². The molecule has 182 valence electrons. The Morgan fingerprint density at radius 2 is 1.76 bits per heavy atom. The predicted octanol–water partition coefficient (Wildman–Crippen LogP) is 2.66. The van der Waals surface area contributed by atoms with Crippen LogP contribution in [0.1, 0.15) is 12.8 Å². The Morgan fingerprint density at radius 1 is 1.00 bits per heavy atom. The second-order valence-electron chi connectivity index (χ2n) is 7.64. The summed E-state index contributed by atoms with van der Waals surface area (Å²) < 4.78 is 49.6. The maximum absolute atomic E-state index is 13.3. The van der Waals surface area contributed by atoms with Gasteiger partial charge in [0.05, 0.1) is 32.9 Å². The highest BCUT2D eigenvalue weighted by Crippen LogP contribution is 2.31. The lowest BCUT2D eigenvalue weighted by atomic mass is 10.2. The molecule has 0 atom stereocenters. The van der Waals surface area contributed by atoms with Gasteiger partial charge in [0.2, 0.25) is 21.7 Å². The van der Waals surface area contributed by atoms with E-state index in [0.29, 0.717) is 62.5 Å². The van der Waals surface area contributed by atoms with E-state index < -0.39 is 10.0 Å². The lowest BCUT2D eigenvalue weighted by molar-refractivity contribution is 0.163. The minimum atomic E-state index is -3.74. The second-order valence-corrected chi connectivity index (χ2v) is 9.54. The Bertz CT molecular complexity index is 1220. The lowest BCUT2D eigenvalue weighted by Gasteiger charge is -2.33. The van der Waals surface area contributed by atoms with Gasteiger partial charge in [-0.15, -0.1) is 0 Å². The average Bonchev–Trinajstić information content (AvgIpc) is 3.32. The van der Waals surface area contributed by atoms with Gasteiger partial charge in [-0.1, -0.05) is 17.3 Å². The number of ether oxygens (including phenoxy) is 3. The summed E-state index contributed by atoms with van der Waals surface area (Å²) in [7, 11) is -0.795. The van der Waals surface area contributed by atoms with Crippen molar-refractivity contribution in [1.29, 1.82) is 0 Å². The molecule has 4 rings (SSSR count). The molecule has 0 saturated carbocycles. The van der Waals surface area contributed by atoms with Crippen LogP contribution in [0.4, 0.5) is 0 Å². The van der Waals surface area contributed by atoms with Crippen LogP contribution in [-0.2, 0) is 16.6 Å². The SMILES string of the molecule is CCOc1ccccc1-c1noc(CN2CCN(S(=O)(=O)c3cc(OC)ccc3OC)CC2)n1. The summed E-state index contributed by atoms with van der Waals surface area (Å²) in [5, 5.41) is 4.10. The zero-order valence-corrected chi connectivity index (χ0v) is 20.2. The highest BCUT2D eigenvalue weighted by molar-refractivity contribution is 7.89. The Hall–Kier alpha value is -3.15. The average molecular weight is 489 g/mol. The molecule has 1 saturated heterocycles. The first kappa shape index (κ1) is 24.0. The van der Waals surface area contributed by atoms with E-state index >= 15 is 0 Å². The predicted molar refractivity (Wildman–Crippen MR) is 124 cm³/mol. The molecule has 0 bridgehead atoms. The Kier molecular flexibility index (Phi) is 7.35. The molecular weight excluding hydrogens is 460 g/mol. The minimum Gasteiger partial charge on any atom is -0.497 e. The summed E-state index contributed by atoms with van der Waals surface area (Å²) in [5.74, 6) is 2.37. The van der Waals surface area contributed by atoms with Crippen molar-refractivity contribution in [3.63, 3.8) is 0 Å². The van der Waals surface area contributed by atoms with Gasteiger partial charge >= 0.3 is 0 Å². The molecule has 0 unspecified atom stereocenters. The van der Waals surface area contributed by atoms with Crippen molar-refractivity contribution in [2.45, 2.75) is 18.4 Å². The first-order valence-corrected chi connectivity index (χ1v) is 12.4. The quantitative estimate of drug-likeness (QED) is 0.449. The lowest BCUT2D eigenvalue weighted by Crippen LogP contribution is -2.48. The van der Waals surface area contributed by atoms with Crippen molar-refractivity contribution in [3.8, 4) is 28.6 Å². The van der Waals surface area contributed by atoms with Crippen molar-refractivity contribution in [2.24, 2.45) is 0 Å². The molecule has 0 amide bonds. The largest absolute Gasteiger partial charge is 0.497 e. The number of nitrogens with zero attached hydrogens (tertiary/aromatic N) is 4. The van der Waals surface area contributed by atoms with Crippen molar-refractivity contribution in [3.05, 3.63) is 48.4 Å². The van der Waals surface area contributed by atoms with Gasteiger partial charge in [-0.2, -0.15) is 9.29 Å². The van der Waals surface area contributed by atoms with Gasteiger partial charge in [0.15, 0.2) is 0 Å². The normalized spacial score (nSPS) is 15.3. The van der Waals surface area contributed by atoms with Crippen LogP contribution in [0.25, 0.3) is 11.4 Å². The number of rotatable bonds is 9. The molecule has 10 nitrogen and oxygen atoms in total. The molecule has 0 N–H and O–H groups in total. The van der Waals surface area contributed by atoms with Gasteiger partial charge in [-0.3, -0.25) is 4.90 Å². The summed E-state index contributed by atoms with van der Waals surface area (Å²) >= 11 is 0. The number of hydrogen-bond acceptors (Lipinski definition) is 9. The Labute approximate surface area is 199 Å². The Morgan fingerprint density at radius 3 is 2.47 bits per heavy atom. The summed E-state index contributed by atoms with van der Waals surface area (Å²) in [6.45, 7) is 4.60. The molecule has 0 spiro atoms. The van der Waals surface area contributed by atoms with Gasteiger partial charge in [-0.05, 0) is 31.2 Å². The molecule has 0 aliphatic carbocycles. The Balaban J connectivity index is 1.42. The van der Waals surface area contributed by atoms with Crippen LogP contribution < -0.4 is 14.2 Å². The molecule has 1 fully saturated rings. The number of aromatic nitrogens is 2. The van der Waals surface area contributed by atoms with Crippen LogP contribution >= 0.6 is 0 Å². The third kappa shape index (κ3) is 5.01. The molecule has 1 aromatic heterocycles. The first-order chi connectivity index (χ1) is 16.5. The summed E-state index contributed by atoms with van der Waals surface area (Å²) in [5.41, 5.74) is 0.766. The number of piperazine rings is 1. The molecule has 1 aliphatic rings. The van der Waals surface area contributed by atoms with Crippen LogP contribution in [0.2, 0.25) is 0 Å². The van der Waals surface area contributed by atoms with Crippen LogP contribution in [0.15, 0.2) is 51.9 Å². The molecule has 11 heteroatoms. The van der Waals surface area contributed by atoms with Gasteiger partial charge < -0.3 is 18.7 Å². The van der Waals surface area contributed by atoms with E-state index in [9.17, 15) is 8.42 Å². The zero-order chi connectivity index (χ0) is 24.1. The molecule has 34 heavy (non-hydrogen) atoms. The van der Waals surface area contributed by atoms with E-state index in [-0.39, 0.29) is 10.6 Å². The number of para-hydroxylation sites is 1. The fraction of sp³-hybridized carbons (Fsp3) is 0.391. The number of hydrogen-bond donors (Lipinski definition) is 0. The van der Waals surface area contributed by atoms with Crippen molar-refractivity contribution < 1.29 is 27.2 Å². The topological polar surface area (TPSA) is 107 Å². The van der Waals surface area contributed by atoms with E-state index in [1.54, 1.807) is 12.1 Å². The van der Waals surface area contributed by atoms with E-state index in [2.05, 4.69) is 15.0 Å². The minimum absolute atomic E-state index is 0.0947. The standard InChI is InChI=1S/C23H28N4O6S/c1-4-32-19-8-6-5-7-18(19)23-24-22(33-25-23)16-26-11-13-27(14-12-26)34(28,29)21-15-17(30-2)9-10-20(21)31-3/h5-10,15H,4,11-14,16H2,1-3H3. The van der Waals surface area contributed by atoms with Crippen molar-refractivity contribution in [2.75, 3.05) is 47.0 Å². The van der Waals surface area contributed by atoms with Gasteiger partial charge in [0, 0.05) is 32.2 Å². The van der Waals surface area contributed by atoms with E-state index in [0.717, 1.165) is 5.56 Å². The molecule has 2 aromatic carbocycles. The first-order valence-electron chi connectivity index (χ1n) is 11.0. The van der Waals surface area contributed by atoms with Crippen LogP contribution in [0, 0.1) is 0 Å². The van der Waals surface area contributed by atoms with Crippen LogP contribution in [0.5, 0.6) is 17.2 Å². The smallest absolute Gasteiger partial charge is 0.246 e. The van der Waals surface area contributed by atoms with E-state index in [1.165, 1.54) is 24.6 Å². The molecule has 0 radical (unpaired) electrons. The van der Waals surface area contributed by atoms with Gasteiger partial charge in [-0.25, -0.2) is 8.42 Å². The second kappa shape index (κ2) is 10.4. The molecular formula is C23H28N4O6S. The third-order valence-corrected chi connectivity index (χ3v) is 7.49. The molecule has 2 heterocycles. The van der Waals surface area contributed by atoms with Crippen molar-refractivity contribution in [1.82, 2.24) is 19.3 Å². The fourth-order valence-electron chi connectivity index (χ4n) is 3.81. The highest BCUT2D eigenvalue weighted by atomic mass is 32.2. The van der Waals surface area contributed by atoms with Crippen LogP contribution in [-0.4, -0.2) is 74.8 Å². The monoisotopic (exact) mass is 488 g/mol. The van der Waals surface area contributed by atoms with E-state index in [4.69, 9.17) is 18.7 Å². The molecule has 3 aromatic rings. The number of sulfonamides is 1. The number of methoxy groups -OCH3 is 2. The maximum atomic E-state index is 13.3. The van der Waals surface area contributed by atoms with Gasteiger partial charge in [0.25, 0.3) is 0 Å². The number of benzene rings is 2. The third-order valence-electron chi connectivity index (χ3n) is 5.57. The maximum Gasteiger partial charge on any atom is 0.246 e. The fourth-order valence-corrected chi connectivity index (χ4v) is 5.40. The molecule has 1 aliphatic heterocycles.